The summed E-state index contributed by atoms with van der Waals surface area (Å²) in [5, 5.41) is 5.50. The topological polar surface area (TPSA) is 76.7 Å². The van der Waals surface area contributed by atoms with Crippen LogP contribution in [0, 0.1) is 0 Å². The van der Waals surface area contributed by atoms with Crippen molar-refractivity contribution in [2.75, 3.05) is 24.9 Å². The highest BCUT2D eigenvalue weighted by Crippen LogP contribution is 2.33. The molecule has 0 heterocycles. The molecule has 0 unspecified atom stereocenters. The number of carbonyl (C=O) groups is 2. The van der Waals surface area contributed by atoms with Crippen LogP contribution in [0.5, 0.6) is 11.5 Å². The molecule has 0 aliphatic rings. The molecule has 0 fully saturated rings. The third-order valence-electron chi connectivity index (χ3n) is 3.65. The van der Waals surface area contributed by atoms with Gasteiger partial charge in [-0.2, -0.15) is 0 Å². The van der Waals surface area contributed by atoms with Gasteiger partial charge in [-0.05, 0) is 42.8 Å². The van der Waals surface area contributed by atoms with Gasteiger partial charge in [0.2, 0.25) is 5.91 Å². The first-order chi connectivity index (χ1) is 12.5. The molecule has 2 aromatic carbocycles. The molecule has 0 spiro atoms. The maximum Gasteiger partial charge on any atom is 0.255 e. The number of nitrogens with one attached hydrogen (secondary N) is 2. The highest BCUT2D eigenvalue weighted by atomic mass is 16.5. The molecule has 2 N–H and O–H groups in total. The van der Waals surface area contributed by atoms with Gasteiger partial charge in [-0.3, -0.25) is 9.59 Å². The third kappa shape index (κ3) is 4.63. The number of amides is 2. The maximum absolute atomic E-state index is 12.6. The quantitative estimate of drug-likeness (QED) is 0.744. The van der Waals surface area contributed by atoms with Gasteiger partial charge in [-0.25, -0.2) is 0 Å². The van der Waals surface area contributed by atoms with Crippen LogP contribution in [-0.2, 0) is 11.2 Å². The van der Waals surface area contributed by atoms with Gasteiger partial charge in [0.25, 0.3) is 5.91 Å². The molecular formula is C20H22N2O4. The van der Waals surface area contributed by atoms with E-state index in [2.05, 4.69) is 17.2 Å². The molecule has 2 rings (SSSR count). The van der Waals surface area contributed by atoms with Crippen LogP contribution >= 0.6 is 0 Å². The SMILES string of the molecule is C=CCc1cc(C(=O)Nc2ccc(NC(C)=O)cc2)cc(OC)c1OC. The zero-order valence-corrected chi connectivity index (χ0v) is 15.1. The molecule has 0 aliphatic heterocycles. The molecule has 0 aliphatic carbocycles. The van der Waals surface area contributed by atoms with Crippen molar-refractivity contribution >= 4 is 23.2 Å². The molecule has 6 heteroatoms. The lowest BCUT2D eigenvalue weighted by molar-refractivity contribution is -0.114. The average molecular weight is 354 g/mol. The van der Waals surface area contributed by atoms with Gasteiger partial charge < -0.3 is 20.1 Å². The molecule has 0 aromatic heterocycles. The number of hydrogen-bond donors (Lipinski definition) is 2. The Kier molecular flexibility index (Phi) is 6.38. The van der Waals surface area contributed by atoms with E-state index in [0.717, 1.165) is 5.56 Å². The molecule has 0 atom stereocenters. The van der Waals surface area contributed by atoms with Crippen molar-refractivity contribution in [2.45, 2.75) is 13.3 Å². The first kappa shape index (κ1) is 19.1. The monoisotopic (exact) mass is 354 g/mol. The van der Waals surface area contributed by atoms with Gasteiger partial charge in [0, 0.05) is 29.4 Å². The molecule has 2 aromatic rings. The van der Waals surface area contributed by atoms with Crippen molar-refractivity contribution in [2.24, 2.45) is 0 Å². The molecule has 2 amide bonds. The molecule has 0 radical (unpaired) electrons. The predicted octanol–water partition coefficient (Wildman–Crippen LogP) is 3.64. The number of ether oxygens (including phenoxy) is 2. The number of methoxy groups -OCH3 is 2. The maximum atomic E-state index is 12.6. The van der Waals surface area contributed by atoms with Crippen LogP contribution in [0.3, 0.4) is 0 Å². The standard InChI is InChI=1S/C20H22N2O4/c1-5-6-14-11-15(12-18(25-3)19(14)26-4)20(24)22-17-9-7-16(8-10-17)21-13(2)23/h5,7-12H,1,6H2,2-4H3,(H,21,23)(H,22,24). The second kappa shape index (κ2) is 8.71. The highest BCUT2D eigenvalue weighted by molar-refractivity contribution is 6.05. The Balaban J connectivity index is 2.24. The van der Waals surface area contributed by atoms with E-state index >= 15 is 0 Å². The van der Waals surface area contributed by atoms with E-state index in [0.29, 0.717) is 34.9 Å². The molecule has 0 bridgehead atoms. The zero-order chi connectivity index (χ0) is 19.1. The van der Waals surface area contributed by atoms with E-state index in [1.807, 2.05) is 0 Å². The fourth-order valence-corrected chi connectivity index (χ4v) is 2.52. The lowest BCUT2D eigenvalue weighted by Gasteiger charge is -2.14. The molecule has 136 valence electrons. The lowest BCUT2D eigenvalue weighted by Crippen LogP contribution is -2.13. The normalized spacial score (nSPS) is 9.96. The Morgan fingerprint density at radius 1 is 1.04 bits per heavy atom. The van der Waals surface area contributed by atoms with Crippen LogP contribution in [0.15, 0.2) is 49.1 Å². The Morgan fingerprint density at radius 2 is 1.65 bits per heavy atom. The Labute approximate surface area is 152 Å². The minimum absolute atomic E-state index is 0.151. The number of benzene rings is 2. The van der Waals surface area contributed by atoms with Gasteiger partial charge >= 0.3 is 0 Å². The number of hydrogen-bond acceptors (Lipinski definition) is 4. The summed E-state index contributed by atoms with van der Waals surface area (Å²) >= 11 is 0. The van der Waals surface area contributed by atoms with Gasteiger partial charge in [0.15, 0.2) is 11.5 Å². The summed E-state index contributed by atoms with van der Waals surface area (Å²) < 4.78 is 10.7. The van der Waals surface area contributed by atoms with E-state index in [1.165, 1.54) is 14.0 Å². The van der Waals surface area contributed by atoms with E-state index in [9.17, 15) is 9.59 Å². The van der Waals surface area contributed by atoms with Crippen LogP contribution in [0.2, 0.25) is 0 Å². The first-order valence-corrected chi connectivity index (χ1v) is 8.03. The predicted molar refractivity (Wildman–Crippen MR) is 102 cm³/mol. The van der Waals surface area contributed by atoms with E-state index in [4.69, 9.17) is 9.47 Å². The van der Waals surface area contributed by atoms with Crippen molar-refractivity contribution in [3.63, 3.8) is 0 Å². The van der Waals surface area contributed by atoms with Crippen LogP contribution in [0.1, 0.15) is 22.8 Å². The third-order valence-corrected chi connectivity index (χ3v) is 3.65. The van der Waals surface area contributed by atoms with E-state index in [-0.39, 0.29) is 11.8 Å². The molecule has 0 saturated carbocycles. The Bertz CT molecular complexity index is 813. The minimum atomic E-state index is -0.274. The van der Waals surface area contributed by atoms with Crippen LogP contribution < -0.4 is 20.1 Å². The molecular weight excluding hydrogens is 332 g/mol. The van der Waals surface area contributed by atoms with Crippen molar-refractivity contribution in [1.82, 2.24) is 0 Å². The van der Waals surface area contributed by atoms with Crippen LogP contribution in [0.25, 0.3) is 0 Å². The second-order valence-corrected chi connectivity index (χ2v) is 5.58. The van der Waals surface area contributed by atoms with Crippen molar-refractivity contribution in [3.05, 3.63) is 60.2 Å². The first-order valence-electron chi connectivity index (χ1n) is 8.03. The summed E-state index contributed by atoms with van der Waals surface area (Å²) in [6.45, 7) is 5.17. The fraction of sp³-hybridized carbons (Fsp3) is 0.200. The van der Waals surface area contributed by atoms with E-state index < -0.39 is 0 Å². The van der Waals surface area contributed by atoms with Gasteiger partial charge in [0.1, 0.15) is 0 Å². The Morgan fingerprint density at radius 3 is 2.15 bits per heavy atom. The number of anilines is 2. The van der Waals surface area contributed by atoms with E-state index in [1.54, 1.807) is 49.6 Å². The summed E-state index contributed by atoms with van der Waals surface area (Å²) in [6, 6.07) is 10.3. The fourth-order valence-electron chi connectivity index (χ4n) is 2.52. The number of allylic oxidation sites excluding steroid dienone is 1. The second-order valence-electron chi connectivity index (χ2n) is 5.58. The number of carbonyl (C=O) groups excluding carboxylic acids is 2. The van der Waals surface area contributed by atoms with Crippen molar-refractivity contribution in [1.29, 1.82) is 0 Å². The average Bonchev–Trinajstić information content (AvgIpc) is 2.62. The van der Waals surface area contributed by atoms with Crippen molar-refractivity contribution < 1.29 is 19.1 Å². The molecule has 26 heavy (non-hydrogen) atoms. The highest BCUT2D eigenvalue weighted by Gasteiger charge is 2.16. The summed E-state index contributed by atoms with van der Waals surface area (Å²) in [5.41, 5.74) is 2.54. The molecule has 0 saturated heterocycles. The lowest BCUT2D eigenvalue weighted by atomic mass is 10.0. The van der Waals surface area contributed by atoms with Gasteiger partial charge in [0.05, 0.1) is 14.2 Å². The Hall–Kier alpha value is -3.28. The van der Waals surface area contributed by atoms with Gasteiger partial charge in [-0.15, -0.1) is 6.58 Å². The largest absolute Gasteiger partial charge is 0.493 e. The van der Waals surface area contributed by atoms with Crippen molar-refractivity contribution in [3.8, 4) is 11.5 Å². The number of rotatable bonds is 7. The molecule has 6 nitrogen and oxygen atoms in total. The van der Waals surface area contributed by atoms with Gasteiger partial charge in [-0.1, -0.05) is 6.08 Å². The summed E-state index contributed by atoms with van der Waals surface area (Å²) in [6.07, 6.45) is 2.28. The summed E-state index contributed by atoms with van der Waals surface area (Å²) in [5.74, 6) is 0.645. The van der Waals surface area contributed by atoms with Crippen LogP contribution in [0.4, 0.5) is 11.4 Å². The summed E-state index contributed by atoms with van der Waals surface area (Å²) in [4.78, 5) is 23.6. The smallest absolute Gasteiger partial charge is 0.255 e. The zero-order valence-electron chi connectivity index (χ0n) is 15.1. The van der Waals surface area contributed by atoms with Crippen LogP contribution in [-0.4, -0.2) is 26.0 Å². The minimum Gasteiger partial charge on any atom is -0.493 e. The summed E-state index contributed by atoms with van der Waals surface area (Å²) in [7, 11) is 3.08.